The smallest absolute Gasteiger partial charge is 0.338 e. The number of hydrogen-bond donors (Lipinski definition) is 0. The molecule has 1 aliphatic rings. The van der Waals surface area contributed by atoms with E-state index in [2.05, 4.69) is 0 Å². The molecule has 7 heteroatoms. The van der Waals surface area contributed by atoms with Gasteiger partial charge < -0.3 is 19.1 Å². The maximum absolute atomic E-state index is 12.9. The molecule has 1 aliphatic heterocycles. The standard InChI is InChI=1S/C21H21NO6/c1-13(19(23)22-9-8-14-6-4-5-7-18(14)22)28-17-11-15(20(24)26-2)10-16(12-17)21(25)27-3/h4-7,10-13H,8-9H2,1-3H3/t13-/m1/s1. The Labute approximate surface area is 162 Å². The van der Waals surface area contributed by atoms with Crippen LogP contribution < -0.4 is 9.64 Å². The van der Waals surface area contributed by atoms with E-state index in [1.165, 1.54) is 32.4 Å². The maximum atomic E-state index is 12.9. The van der Waals surface area contributed by atoms with E-state index in [0.29, 0.717) is 6.54 Å². The van der Waals surface area contributed by atoms with Crippen molar-refractivity contribution >= 4 is 23.5 Å². The van der Waals surface area contributed by atoms with Crippen molar-refractivity contribution in [1.82, 2.24) is 0 Å². The van der Waals surface area contributed by atoms with Gasteiger partial charge >= 0.3 is 11.9 Å². The molecule has 0 saturated heterocycles. The first kappa shape index (κ1) is 19.4. The highest BCUT2D eigenvalue weighted by molar-refractivity contribution is 5.99. The first-order valence-electron chi connectivity index (χ1n) is 8.82. The van der Waals surface area contributed by atoms with E-state index in [1.54, 1.807) is 11.8 Å². The van der Waals surface area contributed by atoms with Crippen LogP contribution in [0, 0.1) is 0 Å². The summed E-state index contributed by atoms with van der Waals surface area (Å²) < 4.78 is 15.2. The Morgan fingerprint density at radius 3 is 2.18 bits per heavy atom. The molecule has 0 aromatic heterocycles. The summed E-state index contributed by atoms with van der Waals surface area (Å²) in [5, 5.41) is 0. The summed E-state index contributed by atoms with van der Waals surface area (Å²) in [6.07, 6.45) is -0.0246. The van der Waals surface area contributed by atoms with Gasteiger partial charge in [0.15, 0.2) is 6.10 Å². The summed E-state index contributed by atoms with van der Waals surface area (Å²) in [4.78, 5) is 38.3. The highest BCUT2D eigenvalue weighted by Crippen LogP contribution is 2.29. The average Bonchev–Trinajstić information content (AvgIpc) is 3.15. The number of hydrogen-bond acceptors (Lipinski definition) is 6. The highest BCUT2D eigenvalue weighted by Gasteiger charge is 2.29. The Kier molecular flexibility index (Phi) is 5.63. The summed E-state index contributed by atoms with van der Waals surface area (Å²) in [5.41, 5.74) is 2.25. The van der Waals surface area contributed by atoms with Gasteiger partial charge in [0.25, 0.3) is 5.91 Å². The third kappa shape index (κ3) is 3.83. The summed E-state index contributed by atoms with van der Waals surface area (Å²) in [6, 6.07) is 11.9. The fourth-order valence-corrected chi connectivity index (χ4v) is 3.18. The lowest BCUT2D eigenvalue weighted by atomic mass is 10.1. The maximum Gasteiger partial charge on any atom is 0.338 e. The Balaban J connectivity index is 1.83. The van der Waals surface area contributed by atoms with Crippen molar-refractivity contribution in [3.8, 4) is 5.75 Å². The number of esters is 2. The molecule has 0 N–H and O–H groups in total. The number of benzene rings is 2. The Bertz CT molecular complexity index is 889. The van der Waals surface area contributed by atoms with Crippen LogP contribution in [0.15, 0.2) is 42.5 Å². The topological polar surface area (TPSA) is 82.1 Å². The minimum Gasteiger partial charge on any atom is -0.481 e. The predicted octanol–water partition coefficient (Wildman–Crippen LogP) is 2.62. The van der Waals surface area contributed by atoms with E-state index in [9.17, 15) is 14.4 Å². The molecule has 1 amide bonds. The number of para-hydroxylation sites is 1. The van der Waals surface area contributed by atoms with Gasteiger partial charge in [0.05, 0.1) is 25.3 Å². The van der Waals surface area contributed by atoms with Crippen LogP contribution in [0.25, 0.3) is 0 Å². The molecule has 0 unspecified atom stereocenters. The van der Waals surface area contributed by atoms with Gasteiger partial charge in [0.1, 0.15) is 5.75 Å². The zero-order valence-corrected chi connectivity index (χ0v) is 15.9. The van der Waals surface area contributed by atoms with Crippen molar-refractivity contribution in [3.05, 3.63) is 59.2 Å². The second-order valence-electron chi connectivity index (χ2n) is 6.36. The van der Waals surface area contributed by atoms with Gasteiger partial charge in [-0.2, -0.15) is 0 Å². The molecule has 1 atom stereocenters. The second kappa shape index (κ2) is 8.12. The molecular formula is C21H21NO6. The monoisotopic (exact) mass is 383 g/mol. The number of ether oxygens (including phenoxy) is 3. The van der Waals surface area contributed by atoms with Crippen molar-refractivity contribution in [2.24, 2.45) is 0 Å². The van der Waals surface area contributed by atoms with Crippen molar-refractivity contribution in [1.29, 1.82) is 0 Å². The number of rotatable bonds is 5. The molecule has 7 nitrogen and oxygen atoms in total. The lowest BCUT2D eigenvalue weighted by molar-refractivity contribution is -0.124. The molecule has 28 heavy (non-hydrogen) atoms. The van der Waals surface area contributed by atoms with Crippen LogP contribution in [0.4, 0.5) is 5.69 Å². The Hall–Kier alpha value is -3.35. The van der Waals surface area contributed by atoms with E-state index in [-0.39, 0.29) is 22.8 Å². The Morgan fingerprint density at radius 1 is 0.964 bits per heavy atom. The van der Waals surface area contributed by atoms with Crippen molar-refractivity contribution in [2.45, 2.75) is 19.4 Å². The van der Waals surface area contributed by atoms with Gasteiger partial charge in [-0.15, -0.1) is 0 Å². The molecule has 0 spiro atoms. The largest absolute Gasteiger partial charge is 0.481 e. The normalized spacial score (nSPS) is 13.5. The molecule has 2 aromatic rings. The summed E-state index contributed by atoms with van der Waals surface area (Å²) in [5.74, 6) is -1.24. The third-order valence-corrected chi connectivity index (χ3v) is 4.56. The van der Waals surface area contributed by atoms with Crippen molar-refractivity contribution in [3.63, 3.8) is 0 Å². The molecular weight excluding hydrogens is 362 g/mol. The number of methoxy groups -OCH3 is 2. The number of anilines is 1. The number of carbonyl (C=O) groups is 3. The van der Waals surface area contributed by atoms with E-state index >= 15 is 0 Å². The van der Waals surface area contributed by atoms with Gasteiger partial charge in [-0.1, -0.05) is 18.2 Å². The molecule has 0 aliphatic carbocycles. The first-order chi connectivity index (χ1) is 13.4. The van der Waals surface area contributed by atoms with E-state index < -0.39 is 18.0 Å². The second-order valence-corrected chi connectivity index (χ2v) is 6.36. The van der Waals surface area contributed by atoms with Crippen molar-refractivity contribution < 1.29 is 28.6 Å². The highest BCUT2D eigenvalue weighted by atomic mass is 16.5. The molecule has 0 radical (unpaired) electrons. The van der Waals surface area contributed by atoms with Crippen LogP contribution in [0.3, 0.4) is 0 Å². The molecule has 0 bridgehead atoms. The summed E-state index contributed by atoms with van der Waals surface area (Å²) in [6.45, 7) is 2.22. The van der Waals surface area contributed by atoms with Gasteiger partial charge in [0.2, 0.25) is 0 Å². The average molecular weight is 383 g/mol. The van der Waals surface area contributed by atoms with Crippen LogP contribution in [-0.2, 0) is 20.7 Å². The SMILES string of the molecule is COC(=O)c1cc(O[C@H](C)C(=O)N2CCc3ccccc32)cc(C(=O)OC)c1. The Morgan fingerprint density at radius 2 is 1.57 bits per heavy atom. The third-order valence-electron chi connectivity index (χ3n) is 4.56. The fourth-order valence-electron chi connectivity index (χ4n) is 3.18. The number of nitrogens with zero attached hydrogens (tertiary/aromatic N) is 1. The van der Waals surface area contributed by atoms with Crippen LogP contribution >= 0.6 is 0 Å². The van der Waals surface area contributed by atoms with Gasteiger partial charge in [0, 0.05) is 12.2 Å². The minimum absolute atomic E-state index is 0.131. The van der Waals surface area contributed by atoms with E-state index in [4.69, 9.17) is 14.2 Å². The lowest BCUT2D eigenvalue weighted by Gasteiger charge is -2.22. The minimum atomic E-state index is -0.815. The van der Waals surface area contributed by atoms with E-state index in [1.807, 2.05) is 24.3 Å². The molecule has 1 heterocycles. The van der Waals surface area contributed by atoms with Crippen molar-refractivity contribution in [2.75, 3.05) is 25.7 Å². The van der Waals surface area contributed by atoms with Gasteiger partial charge in [-0.3, -0.25) is 4.79 Å². The molecule has 0 saturated carbocycles. The van der Waals surface area contributed by atoms with Crippen LogP contribution in [0.5, 0.6) is 5.75 Å². The molecule has 3 rings (SSSR count). The van der Waals surface area contributed by atoms with Gasteiger partial charge in [-0.25, -0.2) is 9.59 Å². The van der Waals surface area contributed by atoms with Crippen LogP contribution in [0.2, 0.25) is 0 Å². The first-order valence-corrected chi connectivity index (χ1v) is 8.82. The number of amides is 1. The lowest BCUT2D eigenvalue weighted by Crippen LogP contribution is -2.39. The quantitative estimate of drug-likeness (QED) is 0.738. The zero-order valence-electron chi connectivity index (χ0n) is 15.9. The predicted molar refractivity (Wildman–Crippen MR) is 102 cm³/mol. The molecule has 2 aromatic carbocycles. The van der Waals surface area contributed by atoms with Crippen LogP contribution in [0.1, 0.15) is 33.2 Å². The molecule has 146 valence electrons. The summed E-state index contributed by atoms with van der Waals surface area (Å²) in [7, 11) is 2.48. The van der Waals surface area contributed by atoms with Crippen LogP contribution in [-0.4, -0.2) is 44.7 Å². The van der Waals surface area contributed by atoms with E-state index in [0.717, 1.165) is 17.7 Å². The number of fused-ring (bicyclic) bond motifs is 1. The van der Waals surface area contributed by atoms with Gasteiger partial charge in [-0.05, 0) is 43.2 Å². The molecule has 0 fully saturated rings. The zero-order chi connectivity index (χ0) is 20.3. The summed E-state index contributed by atoms with van der Waals surface area (Å²) >= 11 is 0. The fraction of sp³-hybridized carbons (Fsp3) is 0.286. The number of carbonyl (C=O) groups excluding carboxylic acids is 3.